The Morgan fingerprint density at radius 3 is 2.84 bits per heavy atom. The van der Waals surface area contributed by atoms with E-state index in [1.807, 2.05) is 25.1 Å². The Kier molecular flexibility index (Phi) is 2.98. The van der Waals surface area contributed by atoms with E-state index >= 15 is 0 Å². The van der Waals surface area contributed by atoms with Crippen molar-refractivity contribution in [3.8, 4) is 17.1 Å². The van der Waals surface area contributed by atoms with Crippen LogP contribution in [0.5, 0.6) is 5.75 Å². The number of nitrogens with two attached hydrogens (primary N) is 1. The normalized spacial score (nSPS) is 16.4. The minimum Gasteiger partial charge on any atom is -0.496 e. The van der Waals surface area contributed by atoms with Crippen molar-refractivity contribution in [3.05, 3.63) is 29.7 Å². The molecule has 1 aromatic heterocycles. The highest BCUT2D eigenvalue weighted by molar-refractivity contribution is 5.58. The first-order valence-electron chi connectivity index (χ1n) is 6.43. The summed E-state index contributed by atoms with van der Waals surface area (Å²) in [5.41, 5.74) is 8.00. The first kappa shape index (κ1) is 12.2. The summed E-state index contributed by atoms with van der Waals surface area (Å²) in [7, 11) is 1.66. The molecule has 1 aliphatic carbocycles. The van der Waals surface area contributed by atoms with Crippen LogP contribution in [0.25, 0.3) is 11.4 Å². The van der Waals surface area contributed by atoms with E-state index in [9.17, 15) is 0 Å². The molecule has 5 nitrogen and oxygen atoms in total. The molecule has 19 heavy (non-hydrogen) atoms. The lowest BCUT2D eigenvalue weighted by Gasteiger charge is -2.04. The predicted octanol–water partition coefficient (Wildman–Crippen LogP) is 2.46. The summed E-state index contributed by atoms with van der Waals surface area (Å²) in [6.07, 6.45) is 2.31. The second-order valence-corrected chi connectivity index (χ2v) is 5.00. The van der Waals surface area contributed by atoms with Gasteiger partial charge in [-0.05, 0) is 49.4 Å². The van der Waals surface area contributed by atoms with Gasteiger partial charge in [0.25, 0.3) is 0 Å². The average Bonchev–Trinajstić information content (AvgIpc) is 3.15. The smallest absolute Gasteiger partial charge is 0.244 e. The second-order valence-electron chi connectivity index (χ2n) is 5.00. The molecule has 3 rings (SSSR count). The van der Waals surface area contributed by atoms with Crippen LogP contribution in [0.15, 0.2) is 22.7 Å². The van der Waals surface area contributed by atoms with Crippen LogP contribution in [-0.4, -0.2) is 17.3 Å². The van der Waals surface area contributed by atoms with Gasteiger partial charge in [-0.3, -0.25) is 0 Å². The van der Waals surface area contributed by atoms with Gasteiger partial charge in [0, 0.05) is 5.56 Å². The fourth-order valence-corrected chi connectivity index (χ4v) is 2.16. The van der Waals surface area contributed by atoms with Crippen molar-refractivity contribution in [1.29, 1.82) is 0 Å². The lowest BCUT2D eigenvalue weighted by molar-refractivity contribution is 0.343. The van der Waals surface area contributed by atoms with Crippen molar-refractivity contribution >= 4 is 0 Å². The summed E-state index contributed by atoms with van der Waals surface area (Å²) in [6.45, 7) is 1.99. The molecule has 0 radical (unpaired) electrons. The first-order valence-corrected chi connectivity index (χ1v) is 6.43. The second kappa shape index (κ2) is 4.66. The molecule has 100 valence electrons. The largest absolute Gasteiger partial charge is 0.496 e. The maximum Gasteiger partial charge on any atom is 0.244 e. The molecule has 2 aromatic rings. The van der Waals surface area contributed by atoms with Gasteiger partial charge < -0.3 is 15.0 Å². The molecular formula is C14H17N3O2. The quantitative estimate of drug-likeness (QED) is 0.912. The summed E-state index contributed by atoms with van der Waals surface area (Å²) < 4.78 is 10.5. The third-order valence-electron chi connectivity index (χ3n) is 3.51. The van der Waals surface area contributed by atoms with Crippen LogP contribution in [0.2, 0.25) is 0 Å². The zero-order valence-corrected chi connectivity index (χ0v) is 11.1. The predicted molar refractivity (Wildman–Crippen MR) is 70.7 cm³/mol. The molecule has 0 spiro atoms. The fraction of sp³-hybridized carbons (Fsp3) is 0.429. The zero-order chi connectivity index (χ0) is 13.4. The van der Waals surface area contributed by atoms with Crippen molar-refractivity contribution in [1.82, 2.24) is 10.1 Å². The molecule has 1 aliphatic rings. The minimum atomic E-state index is -0.124. The molecule has 1 atom stereocenters. The Balaban J connectivity index is 1.87. The summed E-state index contributed by atoms with van der Waals surface area (Å²) in [4.78, 5) is 4.39. The SMILES string of the molecule is COc1ccc(-c2noc(C(N)C3CC3)n2)cc1C. The third-order valence-corrected chi connectivity index (χ3v) is 3.51. The number of hydrogen-bond donors (Lipinski definition) is 1. The van der Waals surface area contributed by atoms with Crippen LogP contribution in [0.3, 0.4) is 0 Å². The number of aryl methyl sites for hydroxylation is 1. The summed E-state index contributed by atoms with van der Waals surface area (Å²) in [5.74, 6) is 2.47. The Morgan fingerprint density at radius 1 is 1.42 bits per heavy atom. The molecule has 1 unspecified atom stereocenters. The lowest BCUT2D eigenvalue weighted by Crippen LogP contribution is -2.12. The molecule has 1 heterocycles. The van der Waals surface area contributed by atoms with Crippen LogP contribution in [0, 0.1) is 12.8 Å². The Morgan fingerprint density at radius 2 is 2.21 bits per heavy atom. The average molecular weight is 259 g/mol. The number of benzene rings is 1. The number of ether oxygens (including phenoxy) is 1. The highest BCUT2D eigenvalue weighted by Gasteiger charge is 2.33. The standard InChI is InChI=1S/C14H17N3O2/c1-8-7-10(5-6-11(8)18-2)13-16-14(19-17-13)12(15)9-3-4-9/h5-7,9,12H,3-4,15H2,1-2H3. The molecule has 1 aromatic carbocycles. The van der Waals surface area contributed by atoms with Crippen LogP contribution in [-0.2, 0) is 0 Å². The summed E-state index contributed by atoms with van der Waals surface area (Å²) in [5, 5.41) is 4.01. The highest BCUT2D eigenvalue weighted by atomic mass is 16.5. The Labute approximate surface area is 111 Å². The first-order chi connectivity index (χ1) is 9.19. The molecule has 2 N–H and O–H groups in total. The van der Waals surface area contributed by atoms with Crippen LogP contribution < -0.4 is 10.5 Å². The number of aromatic nitrogens is 2. The fourth-order valence-electron chi connectivity index (χ4n) is 2.16. The van der Waals surface area contributed by atoms with Crippen molar-refractivity contribution in [2.45, 2.75) is 25.8 Å². The van der Waals surface area contributed by atoms with Crippen LogP contribution >= 0.6 is 0 Å². The van der Waals surface area contributed by atoms with Gasteiger partial charge in [0.1, 0.15) is 5.75 Å². The molecule has 0 aliphatic heterocycles. The number of rotatable bonds is 4. The Hall–Kier alpha value is -1.88. The van der Waals surface area contributed by atoms with E-state index in [1.165, 1.54) is 0 Å². The molecule has 1 fully saturated rings. The monoisotopic (exact) mass is 259 g/mol. The summed E-state index contributed by atoms with van der Waals surface area (Å²) >= 11 is 0. The van der Waals surface area contributed by atoms with E-state index in [4.69, 9.17) is 15.0 Å². The molecule has 1 saturated carbocycles. The van der Waals surface area contributed by atoms with Gasteiger partial charge in [-0.2, -0.15) is 4.98 Å². The van der Waals surface area contributed by atoms with Crippen LogP contribution in [0.1, 0.15) is 30.3 Å². The molecule has 5 heteroatoms. The molecular weight excluding hydrogens is 242 g/mol. The van der Waals surface area contributed by atoms with E-state index in [2.05, 4.69) is 10.1 Å². The number of methoxy groups -OCH3 is 1. The van der Waals surface area contributed by atoms with Gasteiger partial charge in [0.05, 0.1) is 13.2 Å². The van der Waals surface area contributed by atoms with Crippen molar-refractivity contribution < 1.29 is 9.26 Å². The van der Waals surface area contributed by atoms with Gasteiger partial charge >= 0.3 is 0 Å². The highest BCUT2D eigenvalue weighted by Crippen LogP contribution is 2.39. The third kappa shape index (κ3) is 2.33. The molecule has 0 bridgehead atoms. The van der Waals surface area contributed by atoms with Gasteiger partial charge in [-0.25, -0.2) is 0 Å². The maximum atomic E-state index is 6.05. The van der Waals surface area contributed by atoms with Crippen molar-refractivity contribution in [3.63, 3.8) is 0 Å². The minimum absolute atomic E-state index is 0.124. The summed E-state index contributed by atoms with van der Waals surface area (Å²) in [6, 6.07) is 5.68. The van der Waals surface area contributed by atoms with Gasteiger partial charge in [0.2, 0.25) is 11.7 Å². The van der Waals surface area contributed by atoms with Gasteiger partial charge in [-0.15, -0.1) is 0 Å². The van der Waals surface area contributed by atoms with E-state index < -0.39 is 0 Å². The maximum absolute atomic E-state index is 6.05. The van der Waals surface area contributed by atoms with E-state index in [0.29, 0.717) is 17.6 Å². The van der Waals surface area contributed by atoms with Crippen molar-refractivity contribution in [2.24, 2.45) is 11.7 Å². The van der Waals surface area contributed by atoms with Gasteiger partial charge in [0.15, 0.2) is 0 Å². The number of nitrogens with zero attached hydrogens (tertiary/aromatic N) is 2. The van der Waals surface area contributed by atoms with Crippen molar-refractivity contribution in [2.75, 3.05) is 7.11 Å². The van der Waals surface area contributed by atoms with E-state index in [-0.39, 0.29) is 6.04 Å². The topological polar surface area (TPSA) is 74.2 Å². The van der Waals surface area contributed by atoms with E-state index in [1.54, 1.807) is 7.11 Å². The zero-order valence-electron chi connectivity index (χ0n) is 11.1. The molecule has 0 amide bonds. The van der Waals surface area contributed by atoms with Crippen LogP contribution in [0.4, 0.5) is 0 Å². The lowest BCUT2D eigenvalue weighted by atomic mass is 10.1. The number of hydrogen-bond acceptors (Lipinski definition) is 5. The van der Waals surface area contributed by atoms with E-state index in [0.717, 1.165) is 29.7 Å². The molecule has 0 saturated heterocycles. The Bertz CT molecular complexity index is 590. The van der Waals surface area contributed by atoms with Gasteiger partial charge in [-0.1, -0.05) is 5.16 Å².